The lowest BCUT2D eigenvalue weighted by atomic mass is 9.89. The van der Waals surface area contributed by atoms with E-state index < -0.39 is 41.0 Å². The van der Waals surface area contributed by atoms with E-state index in [1.165, 1.54) is 0 Å². The summed E-state index contributed by atoms with van der Waals surface area (Å²) >= 11 is 0. The SMILES string of the molecule is CC(C)(C)NC(=O)C(=O)C(CC1CCCNC1=O)NC(=O)CNC(=O)c1ccc2[nH]ccc2c1. The van der Waals surface area contributed by atoms with E-state index in [0.717, 1.165) is 17.3 Å². The first-order chi connectivity index (χ1) is 16.0. The van der Waals surface area contributed by atoms with E-state index in [-0.39, 0.29) is 18.9 Å². The Labute approximate surface area is 197 Å². The van der Waals surface area contributed by atoms with Gasteiger partial charge >= 0.3 is 0 Å². The van der Waals surface area contributed by atoms with Crippen LogP contribution >= 0.6 is 0 Å². The third-order valence-corrected chi connectivity index (χ3v) is 5.51. The van der Waals surface area contributed by atoms with Gasteiger partial charge in [0, 0.05) is 40.7 Å². The molecule has 2 atom stereocenters. The summed E-state index contributed by atoms with van der Waals surface area (Å²) in [6, 6.07) is 5.75. The number of aromatic amines is 1. The maximum Gasteiger partial charge on any atom is 0.290 e. The van der Waals surface area contributed by atoms with Crippen LogP contribution in [0, 0.1) is 5.92 Å². The number of H-pyrrole nitrogens is 1. The number of benzene rings is 1. The second kappa shape index (κ2) is 10.5. The number of carbonyl (C=O) groups is 5. The molecule has 1 saturated heterocycles. The van der Waals surface area contributed by atoms with Crippen molar-refractivity contribution in [1.29, 1.82) is 0 Å². The molecule has 2 unspecified atom stereocenters. The molecule has 3 rings (SSSR count). The fourth-order valence-electron chi connectivity index (χ4n) is 3.84. The Bertz CT molecular complexity index is 1100. The largest absolute Gasteiger partial charge is 0.361 e. The Morgan fingerprint density at radius 2 is 1.91 bits per heavy atom. The molecule has 10 nitrogen and oxygen atoms in total. The van der Waals surface area contributed by atoms with Crippen molar-refractivity contribution in [2.45, 2.75) is 51.6 Å². The first kappa shape index (κ1) is 24.9. The number of nitrogens with one attached hydrogen (secondary N) is 5. The minimum atomic E-state index is -1.18. The Morgan fingerprint density at radius 1 is 1.15 bits per heavy atom. The molecule has 0 radical (unpaired) electrons. The van der Waals surface area contributed by atoms with Crippen molar-refractivity contribution in [3.63, 3.8) is 0 Å². The highest BCUT2D eigenvalue weighted by Gasteiger charge is 2.34. The number of piperidine rings is 1. The molecular formula is C24H31N5O5. The highest BCUT2D eigenvalue weighted by atomic mass is 16.2. The van der Waals surface area contributed by atoms with Crippen LogP contribution in [-0.2, 0) is 19.2 Å². The van der Waals surface area contributed by atoms with E-state index in [4.69, 9.17) is 0 Å². The van der Waals surface area contributed by atoms with Gasteiger partial charge in [-0.1, -0.05) is 0 Å². The van der Waals surface area contributed by atoms with Crippen molar-refractivity contribution >= 4 is 40.3 Å². The number of amides is 4. The number of ketones is 1. The Kier molecular flexibility index (Phi) is 7.70. The molecule has 2 heterocycles. The smallest absolute Gasteiger partial charge is 0.290 e. The Hall–Kier alpha value is -3.69. The summed E-state index contributed by atoms with van der Waals surface area (Å²) in [6.45, 7) is 5.39. The van der Waals surface area contributed by atoms with Crippen molar-refractivity contribution in [2.75, 3.05) is 13.1 Å². The predicted molar refractivity (Wildman–Crippen MR) is 126 cm³/mol. The van der Waals surface area contributed by atoms with E-state index in [2.05, 4.69) is 26.3 Å². The van der Waals surface area contributed by atoms with Gasteiger partial charge in [-0.15, -0.1) is 0 Å². The summed E-state index contributed by atoms with van der Waals surface area (Å²) in [6.07, 6.45) is 3.08. The highest BCUT2D eigenvalue weighted by Crippen LogP contribution is 2.18. The minimum Gasteiger partial charge on any atom is -0.361 e. The van der Waals surface area contributed by atoms with Gasteiger partial charge in [0.15, 0.2) is 0 Å². The van der Waals surface area contributed by atoms with E-state index in [9.17, 15) is 24.0 Å². The van der Waals surface area contributed by atoms with Crippen molar-refractivity contribution in [1.82, 2.24) is 26.3 Å². The Morgan fingerprint density at radius 3 is 2.62 bits per heavy atom. The van der Waals surface area contributed by atoms with Crippen LogP contribution in [0.1, 0.15) is 50.4 Å². The van der Waals surface area contributed by atoms with E-state index >= 15 is 0 Å². The standard InChI is InChI=1S/C24H31N5O5/c1-24(2,3)29-23(34)20(31)18(12-15-5-4-9-26-21(15)32)28-19(30)13-27-22(33)16-6-7-17-14(11-16)8-10-25-17/h6-8,10-11,15,18,25H,4-5,9,12-13H2,1-3H3,(H,26,32)(H,27,33)(H,28,30)(H,29,34). The quantitative estimate of drug-likeness (QED) is 0.362. The molecular weight excluding hydrogens is 438 g/mol. The monoisotopic (exact) mass is 469 g/mol. The molecule has 182 valence electrons. The van der Waals surface area contributed by atoms with Gasteiger partial charge < -0.3 is 26.3 Å². The second-order valence-corrected chi connectivity index (χ2v) is 9.52. The zero-order valence-corrected chi connectivity index (χ0v) is 19.6. The lowest BCUT2D eigenvalue weighted by molar-refractivity contribution is -0.141. The Balaban J connectivity index is 1.64. The lowest BCUT2D eigenvalue weighted by Crippen LogP contribution is -2.54. The number of rotatable bonds is 8. The maximum absolute atomic E-state index is 12.8. The van der Waals surface area contributed by atoms with Gasteiger partial charge in [0.05, 0.1) is 12.6 Å². The van der Waals surface area contributed by atoms with Crippen LogP contribution in [0.15, 0.2) is 30.5 Å². The van der Waals surface area contributed by atoms with E-state index in [1.54, 1.807) is 45.2 Å². The van der Waals surface area contributed by atoms with Crippen molar-refractivity contribution in [3.05, 3.63) is 36.0 Å². The molecule has 2 aromatic rings. The van der Waals surface area contributed by atoms with Gasteiger partial charge in [-0.3, -0.25) is 24.0 Å². The summed E-state index contributed by atoms with van der Waals surface area (Å²) in [5.74, 6) is -3.44. The molecule has 1 aliphatic heterocycles. The fraction of sp³-hybridized carbons (Fsp3) is 0.458. The van der Waals surface area contributed by atoms with E-state index in [0.29, 0.717) is 18.5 Å². The average molecular weight is 470 g/mol. The molecule has 4 amide bonds. The normalized spacial score (nSPS) is 16.9. The molecule has 0 bridgehead atoms. The van der Waals surface area contributed by atoms with Crippen molar-refractivity contribution in [3.8, 4) is 0 Å². The van der Waals surface area contributed by atoms with Crippen molar-refractivity contribution < 1.29 is 24.0 Å². The van der Waals surface area contributed by atoms with Crippen LogP contribution in [-0.4, -0.2) is 59.1 Å². The molecule has 10 heteroatoms. The number of fused-ring (bicyclic) bond motifs is 1. The van der Waals surface area contributed by atoms with Gasteiger partial charge in [0.25, 0.3) is 11.8 Å². The molecule has 0 saturated carbocycles. The van der Waals surface area contributed by atoms with Crippen LogP contribution in [0.5, 0.6) is 0 Å². The average Bonchev–Trinajstić information content (AvgIpc) is 3.24. The minimum absolute atomic E-state index is 0.00602. The lowest BCUT2D eigenvalue weighted by Gasteiger charge is -2.27. The number of hydrogen-bond donors (Lipinski definition) is 5. The highest BCUT2D eigenvalue weighted by molar-refractivity contribution is 6.38. The van der Waals surface area contributed by atoms with Crippen LogP contribution in [0.25, 0.3) is 10.9 Å². The molecule has 1 aliphatic rings. The molecule has 1 aromatic heterocycles. The molecule has 0 aliphatic carbocycles. The molecule has 5 N–H and O–H groups in total. The van der Waals surface area contributed by atoms with Gasteiger partial charge in [-0.05, 0) is 64.3 Å². The third-order valence-electron chi connectivity index (χ3n) is 5.51. The van der Waals surface area contributed by atoms with Gasteiger partial charge in [0.2, 0.25) is 17.6 Å². The fourth-order valence-corrected chi connectivity index (χ4v) is 3.84. The number of carbonyl (C=O) groups excluding carboxylic acids is 5. The topological polar surface area (TPSA) is 149 Å². The summed E-state index contributed by atoms with van der Waals surface area (Å²) < 4.78 is 0. The zero-order valence-electron chi connectivity index (χ0n) is 19.6. The first-order valence-corrected chi connectivity index (χ1v) is 11.3. The number of Topliss-reactive ketones (excluding diaryl/α,β-unsaturated/α-hetero) is 1. The van der Waals surface area contributed by atoms with Gasteiger partial charge in [0.1, 0.15) is 0 Å². The summed E-state index contributed by atoms with van der Waals surface area (Å²) in [5.41, 5.74) is 0.629. The summed E-state index contributed by atoms with van der Waals surface area (Å²) in [4.78, 5) is 65.6. The zero-order chi connectivity index (χ0) is 24.9. The maximum atomic E-state index is 12.8. The van der Waals surface area contributed by atoms with Crippen LogP contribution in [0.3, 0.4) is 0 Å². The predicted octanol–water partition coefficient (Wildman–Crippen LogP) is 0.783. The molecule has 1 fully saturated rings. The second-order valence-electron chi connectivity index (χ2n) is 9.52. The number of hydrogen-bond acceptors (Lipinski definition) is 5. The third kappa shape index (κ3) is 6.66. The van der Waals surface area contributed by atoms with Crippen LogP contribution < -0.4 is 21.3 Å². The van der Waals surface area contributed by atoms with Crippen molar-refractivity contribution in [2.24, 2.45) is 5.92 Å². The van der Waals surface area contributed by atoms with Crippen LogP contribution in [0.2, 0.25) is 0 Å². The van der Waals surface area contributed by atoms with Crippen LogP contribution in [0.4, 0.5) is 0 Å². The van der Waals surface area contributed by atoms with E-state index in [1.807, 2.05) is 6.07 Å². The van der Waals surface area contributed by atoms with Gasteiger partial charge in [-0.2, -0.15) is 0 Å². The van der Waals surface area contributed by atoms with Gasteiger partial charge in [-0.25, -0.2) is 0 Å². The first-order valence-electron chi connectivity index (χ1n) is 11.3. The molecule has 1 aromatic carbocycles. The molecule has 34 heavy (non-hydrogen) atoms. The summed E-state index contributed by atoms with van der Waals surface area (Å²) in [5, 5.41) is 11.3. The molecule has 0 spiro atoms. The summed E-state index contributed by atoms with van der Waals surface area (Å²) in [7, 11) is 0. The number of aromatic nitrogens is 1.